The summed E-state index contributed by atoms with van der Waals surface area (Å²) in [5, 5.41) is 19.2. The Hall–Kier alpha value is -2.28. The van der Waals surface area contributed by atoms with Gasteiger partial charge in [0.2, 0.25) is 0 Å². The number of carbonyl (C=O) groups is 1. The van der Waals surface area contributed by atoms with E-state index in [1.165, 1.54) is 16.4 Å². The molecular weight excluding hydrogens is 246 g/mol. The molecule has 7 heteroatoms. The van der Waals surface area contributed by atoms with Gasteiger partial charge in [-0.2, -0.15) is 0 Å². The molecule has 19 heavy (non-hydrogen) atoms. The van der Waals surface area contributed by atoms with Crippen LogP contribution in [0.5, 0.6) is 0 Å². The first kappa shape index (κ1) is 13.2. The summed E-state index contributed by atoms with van der Waals surface area (Å²) in [7, 11) is 0. The summed E-state index contributed by atoms with van der Waals surface area (Å²) in [6, 6.07) is 1.97. The van der Waals surface area contributed by atoms with E-state index in [9.17, 15) is 4.79 Å². The summed E-state index contributed by atoms with van der Waals surface area (Å²) in [6.45, 7) is 4.01. The van der Waals surface area contributed by atoms with Crippen molar-refractivity contribution in [3.05, 3.63) is 41.5 Å². The number of aryl methyl sites for hydroxylation is 1. The van der Waals surface area contributed by atoms with E-state index < -0.39 is 5.97 Å². The molecule has 0 amide bonds. The number of aromatic carboxylic acids is 1. The minimum Gasteiger partial charge on any atom is -0.476 e. The van der Waals surface area contributed by atoms with Crippen LogP contribution in [-0.2, 0) is 13.1 Å². The highest BCUT2D eigenvalue weighted by Crippen LogP contribution is 2.03. The van der Waals surface area contributed by atoms with E-state index in [4.69, 9.17) is 5.11 Å². The molecule has 0 unspecified atom stereocenters. The molecule has 0 saturated heterocycles. The Labute approximate surface area is 110 Å². The molecule has 0 spiro atoms. The Bertz CT molecular complexity index is 567. The van der Waals surface area contributed by atoms with E-state index in [0.717, 1.165) is 12.1 Å². The van der Waals surface area contributed by atoms with Crippen LogP contribution < -0.4 is 5.32 Å². The van der Waals surface area contributed by atoms with Crippen LogP contribution in [0.3, 0.4) is 0 Å². The van der Waals surface area contributed by atoms with Crippen molar-refractivity contribution in [2.45, 2.75) is 20.0 Å². The van der Waals surface area contributed by atoms with Gasteiger partial charge in [-0.05, 0) is 24.1 Å². The Morgan fingerprint density at radius 2 is 2.37 bits per heavy atom. The molecule has 0 aliphatic carbocycles. The zero-order valence-corrected chi connectivity index (χ0v) is 10.6. The molecule has 0 aliphatic heterocycles. The number of aromatic nitrogens is 4. The van der Waals surface area contributed by atoms with Gasteiger partial charge in [0.1, 0.15) is 0 Å². The largest absolute Gasteiger partial charge is 0.476 e. The van der Waals surface area contributed by atoms with Crippen molar-refractivity contribution in [1.29, 1.82) is 0 Å². The summed E-state index contributed by atoms with van der Waals surface area (Å²) in [4.78, 5) is 14.7. The average molecular weight is 261 g/mol. The number of carboxylic acids is 1. The van der Waals surface area contributed by atoms with Crippen LogP contribution in [-0.4, -0.2) is 37.6 Å². The van der Waals surface area contributed by atoms with Crippen LogP contribution in [0.4, 0.5) is 0 Å². The standard InChI is InChI=1S/C12H15N5O2/c1-9-2-3-13-6-10(9)7-14-4-5-17-8-11(12(18)19)15-16-17/h2-3,6,8,14H,4-5,7H2,1H3,(H,18,19). The zero-order valence-electron chi connectivity index (χ0n) is 10.6. The SMILES string of the molecule is Cc1ccncc1CNCCn1cc(C(=O)O)nn1. The maximum Gasteiger partial charge on any atom is 0.358 e. The molecule has 0 saturated carbocycles. The Morgan fingerprint density at radius 1 is 1.53 bits per heavy atom. The molecule has 100 valence electrons. The third-order valence-electron chi connectivity index (χ3n) is 2.74. The molecule has 0 atom stereocenters. The van der Waals surface area contributed by atoms with E-state index in [1.54, 1.807) is 6.20 Å². The van der Waals surface area contributed by atoms with Crippen LogP contribution in [0.25, 0.3) is 0 Å². The van der Waals surface area contributed by atoms with Gasteiger partial charge in [0, 0.05) is 25.5 Å². The second-order valence-electron chi connectivity index (χ2n) is 4.15. The molecule has 2 heterocycles. The fraction of sp³-hybridized carbons (Fsp3) is 0.333. The van der Waals surface area contributed by atoms with Gasteiger partial charge in [-0.3, -0.25) is 9.67 Å². The Kier molecular flexibility index (Phi) is 4.19. The zero-order chi connectivity index (χ0) is 13.7. The van der Waals surface area contributed by atoms with E-state index in [0.29, 0.717) is 13.1 Å². The smallest absolute Gasteiger partial charge is 0.358 e. The molecule has 0 bridgehead atoms. The van der Waals surface area contributed by atoms with Gasteiger partial charge >= 0.3 is 5.97 Å². The van der Waals surface area contributed by atoms with Crippen molar-refractivity contribution in [2.24, 2.45) is 0 Å². The first-order valence-corrected chi connectivity index (χ1v) is 5.90. The molecule has 2 rings (SSSR count). The molecule has 0 fully saturated rings. The summed E-state index contributed by atoms with van der Waals surface area (Å²) in [5.41, 5.74) is 2.30. The molecule has 2 aromatic rings. The number of nitrogens with zero attached hydrogens (tertiary/aromatic N) is 4. The highest BCUT2D eigenvalue weighted by molar-refractivity contribution is 5.84. The maximum atomic E-state index is 10.6. The fourth-order valence-corrected chi connectivity index (χ4v) is 1.60. The van der Waals surface area contributed by atoms with E-state index in [2.05, 4.69) is 20.6 Å². The van der Waals surface area contributed by atoms with Crippen LogP contribution >= 0.6 is 0 Å². The summed E-state index contributed by atoms with van der Waals surface area (Å²) >= 11 is 0. The molecule has 2 aromatic heterocycles. The minimum absolute atomic E-state index is 0.0388. The van der Waals surface area contributed by atoms with Crippen molar-refractivity contribution in [3.63, 3.8) is 0 Å². The minimum atomic E-state index is -1.06. The van der Waals surface area contributed by atoms with Crippen molar-refractivity contribution in [1.82, 2.24) is 25.3 Å². The highest BCUT2D eigenvalue weighted by Gasteiger charge is 2.07. The summed E-state index contributed by atoms with van der Waals surface area (Å²) in [5.74, 6) is -1.06. The molecule has 0 radical (unpaired) electrons. The molecule has 0 aliphatic rings. The topological polar surface area (TPSA) is 92.9 Å². The van der Waals surface area contributed by atoms with Gasteiger partial charge in [-0.25, -0.2) is 4.79 Å². The first-order chi connectivity index (χ1) is 9.16. The molecule has 0 aromatic carbocycles. The second-order valence-corrected chi connectivity index (χ2v) is 4.15. The normalized spacial score (nSPS) is 10.6. The van der Waals surface area contributed by atoms with Gasteiger partial charge in [-0.1, -0.05) is 5.21 Å². The van der Waals surface area contributed by atoms with Crippen LogP contribution in [0.15, 0.2) is 24.7 Å². The lowest BCUT2D eigenvalue weighted by atomic mass is 10.1. The summed E-state index contributed by atoms with van der Waals surface area (Å²) < 4.78 is 1.51. The number of nitrogens with one attached hydrogen (secondary N) is 1. The average Bonchev–Trinajstić information content (AvgIpc) is 2.85. The monoisotopic (exact) mass is 261 g/mol. The number of hydrogen-bond donors (Lipinski definition) is 2. The summed E-state index contributed by atoms with van der Waals surface area (Å²) in [6.07, 6.45) is 5.02. The van der Waals surface area contributed by atoms with Gasteiger partial charge < -0.3 is 10.4 Å². The molecule has 7 nitrogen and oxygen atoms in total. The number of pyridine rings is 1. The Balaban J connectivity index is 1.77. The molecule has 2 N–H and O–H groups in total. The van der Waals surface area contributed by atoms with Crippen LogP contribution in [0, 0.1) is 6.92 Å². The maximum absolute atomic E-state index is 10.6. The lowest BCUT2D eigenvalue weighted by Gasteiger charge is -2.06. The van der Waals surface area contributed by atoms with Crippen molar-refractivity contribution >= 4 is 5.97 Å². The number of rotatable bonds is 6. The lowest BCUT2D eigenvalue weighted by molar-refractivity contribution is 0.0690. The Morgan fingerprint density at radius 3 is 3.05 bits per heavy atom. The van der Waals surface area contributed by atoms with Crippen LogP contribution in [0.1, 0.15) is 21.6 Å². The highest BCUT2D eigenvalue weighted by atomic mass is 16.4. The van der Waals surface area contributed by atoms with Crippen molar-refractivity contribution < 1.29 is 9.90 Å². The third kappa shape index (κ3) is 3.59. The van der Waals surface area contributed by atoms with Gasteiger partial charge in [0.15, 0.2) is 5.69 Å². The molecular formula is C12H15N5O2. The van der Waals surface area contributed by atoms with Gasteiger partial charge in [0.25, 0.3) is 0 Å². The lowest BCUT2D eigenvalue weighted by Crippen LogP contribution is -2.20. The number of carboxylic acid groups (broad SMARTS) is 1. The predicted molar refractivity (Wildman–Crippen MR) is 67.7 cm³/mol. The van der Waals surface area contributed by atoms with Gasteiger partial charge in [0.05, 0.1) is 12.7 Å². The number of hydrogen-bond acceptors (Lipinski definition) is 5. The van der Waals surface area contributed by atoms with Crippen molar-refractivity contribution in [3.8, 4) is 0 Å². The van der Waals surface area contributed by atoms with E-state index >= 15 is 0 Å². The predicted octanol–water partition coefficient (Wildman–Crippen LogP) is 0.470. The quantitative estimate of drug-likeness (QED) is 0.734. The van der Waals surface area contributed by atoms with E-state index in [1.807, 2.05) is 19.2 Å². The van der Waals surface area contributed by atoms with Crippen LogP contribution in [0.2, 0.25) is 0 Å². The third-order valence-corrected chi connectivity index (χ3v) is 2.74. The second kappa shape index (κ2) is 6.05. The van der Waals surface area contributed by atoms with Crippen molar-refractivity contribution in [2.75, 3.05) is 6.54 Å². The van der Waals surface area contributed by atoms with E-state index in [-0.39, 0.29) is 5.69 Å². The van der Waals surface area contributed by atoms with Gasteiger partial charge in [-0.15, -0.1) is 5.10 Å². The fourth-order valence-electron chi connectivity index (χ4n) is 1.60. The first-order valence-electron chi connectivity index (χ1n) is 5.90.